The second kappa shape index (κ2) is 7.45. The monoisotopic (exact) mass is 328 g/mol. The highest BCUT2D eigenvalue weighted by Gasteiger charge is 2.18. The molecular formula is C18H21ClN4. The van der Waals surface area contributed by atoms with Gasteiger partial charge in [-0.2, -0.15) is 5.26 Å². The van der Waals surface area contributed by atoms with E-state index in [1.807, 2.05) is 58.3 Å². The van der Waals surface area contributed by atoms with Gasteiger partial charge < -0.3 is 10.2 Å². The van der Waals surface area contributed by atoms with Crippen molar-refractivity contribution in [3.8, 4) is 6.07 Å². The van der Waals surface area contributed by atoms with Crippen molar-refractivity contribution in [1.29, 1.82) is 5.26 Å². The van der Waals surface area contributed by atoms with Gasteiger partial charge in [0.15, 0.2) is 0 Å². The summed E-state index contributed by atoms with van der Waals surface area (Å²) in [4.78, 5) is 6.57. The lowest BCUT2D eigenvalue weighted by Gasteiger charge is -2.26. The van der Waals surface area contributed by atoms with Crippen LogP contribution in [-0.2, 0) is 0 Å². The van der Waals surface area contributed by atoms with Gasteiger partial charge in [-0.25, -0.2) is 4.98 Å². The second-order valence-electron chi connectivity index (χ2n) is 5.80. The minimum atomic E-state index is 0.0814. The van der Waals surface area contributed by atoms with Gasteiger partial charge in [0.25, 0.3) is 0 Å². The lowest BCUT2D eigenvalue weighted by molar-refractivity contribution is 0.311. The summed E-state index contributed by atoms with van der Waals surface area (Å²) >= 11 is 6.33. The number of halogens is 1. The lowest BCUT2D eigenvalue weighted by Crippen LogP contribution is -2.27. The quantitative estimate of drug-likeness (QED) is 0.903. The highest BCUT2D eigenvalue weighted by Crippen LogP contribution is 2.27. The molecule has 0 spiro atoms. The first kappa shape index (κ1) is 17.3. The van der Waals surface area contributed by atoms with Gasteiger partial charge in [-0.3, -0.25) is 0 Å². The number of pyridine rings is 1. The van der Waals surface area contributed by atoms with Crippen molar-refractivity contribution in [1.82, 2.24) is 9.88 Å². The molecule has 0 bridgehead atoms. The number of hydrogen-bond acceptors (Lipinski definition) is 4. The SMILES string of the molecule is Cc1cc(C)c(C#N)c(NCC(c2ccccc2Cl)N(C)C)n1. The molecule has 0 saturated heterocycles. The van der Waals surface area contributed by atoms with E-state index in [4.69, 9.17) is 11.6 Å². The second-order valence-corrected chi connectivity index (χ2v) is 6.20. The number of anilines is 1. The van der Waals surface area contributed by atoms with Gasteiger partial charge in [0.2, 0.25) is 0 Å². The number of benzene rings is 1. The number of nitrogens with one attached hydrogen (secondary N) is 1. The molecule has 0 fully saturated rings. The molecule has 1 heterocycles. The number of aromatic nitrogens is 1. The highest BCUT2D eigenvalue weighted by molar-refractivity contribution is 6.31. The molecule has 1 atom stereocenters. The molecule has 0 amide bonds. The molecule has 0 aliphatic heterocycles. The van der Waals surface area contributed by atoms with Gasteiger partial charge in [-0.15, -0.1) is 0 Å². The van der Waals surface area contributed by atoms with Crippen molar-refractivity contribution in [3.05, 3.63) is 57.7 Å². The first-order valence-corrected chi connectivity index (χ1v) is 7.85. The molecule has 2 rings (SSSR count). The Morgan fingerprint density at radius 3 is 2.61 bits per heavy atom. The summed E-state index contributed by atoms with van der Waals surface area (Å²) in [7, 11) is 4.02. The van der Waals surface area contributed by atoms with E-state index in [0.29, 0.717) is 17.9 Å². The van der Waals surface area contributed by atoms with Crippen molar-refractivity contribution in [3.63, 3.8) is 0 Å². The summed E-state index contributed by atoms with van der Waals surface area (Å²) in [6.45, 7) is 4.47. The molecule has 1 unspecified atom stereocenters. The van der Waals surface area contributed by atoms with Crippen LogP contribution in [0.1, 0.15) is 28.4 Å². The predicted octanol–water partition coefficient (Wildman–Crippen LogP) is 3.94. The third-order valence-corrected chi connectivity index (χ3v) is 4.15. The Kier molecular flexibility index (Phi) is 5.59. The van der Waals surface area contributed by atoms with E-state index in [-0.39, 0.29) is 6.04 Å². The van der Waals surface area contributed by atoms with Crippen molar-refractivity contribution in [2.75, 3.05) is 26.0 Å². The minimum Gasteiger partial charge on any atom is -0.367 e. The maximum absolute atomic E-state index is 9.36. The third kappa shape index (κ3) is 4.01. The van der Waals surface area contributed by atoms with Crippen LogP contribution >= 0.6 is 11.6 Å². The average molecular weight is 329 g/mol. The largest absolute Gasteiger partial charge is 0.367 e. The number of nitriles is 1. The molecule has 5 heteroatoms. The van der Waals surface area contributed by atoms with E-state index >= 15 is 0 Å². The summed E-state index contributed by atoms with van der Waals surface area (Å²) in [6.07, 6.45) is 0. The van der Waals surface area contributed by atoms with Crippen molar-refractivity contribution >= 4 is 17.4 Å². The number of rotatable bonds is 5. The van der Waals surface area contributed by atoms with Gasteiger partial charge in [-0.1, -0.05) is 29.8 Å². The fourth-order valence-electron chi connectivity index (χ4n) is 2.62. The summed E-state index contributed by atoms with van der Waals surface area (Å²) in [5, 5.41) is 13.4. The standard InChI is InChI=1S/C18H21ClN4/c1-12-9-13(2)22-18(15(12)10-20)21-11-17(23(3)4)14-7-5-6-8-16(14)19/h5-9,17H,11H2,1-4H3,(H,21,22). The van der Waals surface area contributed by atoms with Gasteiger partial charge in [0, 0.05) is 17.3 Å². The molecule has 0 saturated carbocycles. The molecule has 23 heavy (non-hydrogen) atoms. The topological polar surface area (TPSA) is 52.0 Å². The number of aryl methyl sites for hydroxylation is 2. The van der Waals surface area contributed by atoms with E-state index in [2.05, 4.69) is 21.3 Å². The maximum Gasteiger partial charge on any atom is 0.144 e. The normalized spacial score (nSPS) is 12.0. The van der Waals surface area contributed by atoms with Crippen LogP contribution in [0.25, 0.3) is 0 Å². The number of hydrogen-bond donors (Lipinski definition) is 1. The Morgan fingerprint density at radius 1 is 1.30 bits per heavy atom. The Morgan fingerprint density at radius 2 is 2.00 bits per heavy atom. The van der Waals surface area contributed by atoms with Crippen molar-refractivity contribution in [2.24, 2.45) is 0 Å². The zero-order chi connectivity index (χ0) is 17.0. The Labute approximate surface area is 142 Å². The van der Waals surface area contributed by atoms with Crippen LogP contribution < -0.4 is 5.32 Å². The van der Waals surface area contributed by atoms with E-state index in [1.54, 1.807) is 0 Å². The van der Waals surface area contributed by atoms with Crippen LogP contribution in [0.2, 0.25) is 5.02 Å². The van der Waals surface area contributed by atoms with Crippen LogP contribution in [0.4, 0.5) is 5.82 Å². The molecule has 1 aromatic carbocycles. The van der Waals surface area contributed by atoms with E-state index in [0.717, 1.165) is 21.8 Å². The zero-order valence-corrected chi connectivity index (χ0v) is 14.6. The smallest absolute Gasteiger partial charge is 0.144 e. The maximum atomic E-state index is 9.36. The molecular weight excluding hydrogens is 308 g/mol. The van der Waals surface area contributed by atoms with Crippen LogP contribution in [-0.4, -0.2) is 30.5 Å². The highest BCUT2D eigenvalue weighted by atomic mass is 35.5. The molecule has 120 valence electrons. The first-order chi connectivity index (χ1) is 10.9. The van der Waals surface area contributed by atoms with Gasteiger partial charge >= 0.3 is 0 Å². The van der Waals surface area contributed by atoms with Crippen LogP contribution in [0, 0.1) is 25.2 Å². The number of likely N-dealkylation sites (N-methyl/N-ethyl adjacent to an activating group) is 1. The molecule has 1 N–H and O–H groups in total. The molecule has 1 aromatic heterocycles. The number of nitrogens with zero attached hydrogens (tertiary/aromatic N) is 3. The summed E-state index contributed by atoms with van der Waals surface area (Å²) in [5.41, 5.74) is 3.46. The Balaban J connectivity index is 2.28. The lowest BCUT2D eigenvalue weighted by atomic mass is 10.1. The van der Waals surface area contributed by atoms with Crippen molar-refractivity contribution < 1.29 is 0 Å². The van der Waals surface area contributed by atoms with Crippen LogP contribution in [0.15, 0.2) is 30.3 Å². The molecule has 0 radical (unpaired) electrons. The van der Waals surface area contributed by atoms with Gasteiger partial charge in [0.1, 0.15) is 11.9 Å². The molecule has 0 aliphatic carbocycles. The van der Waals surface area contributed by atoms with E-state index < -0.39 is 0 Å². The van der Waals surface area contributed by atoms with Crippen molar-refractivity contribution in [2.45, 2.75) is 19.9 Å². The van der Waals surface area contributed by atoms with Gasteiger partial charge in [0.05, 0.1) is 11.6 Å². The van der Waals surface area contributed by atoms with Crippen LogP contribution in [0.3, 0.4) is 0 Å². The Bertz CT molecular complexity index is 734. The molecule has 4 nitrogen and oxygen atoms in total. The van der Waals surface area contributed by atoms with Crippen LogP contribution in [0.5, 0.6) is 0 Å². The average Bonchev–Trinajstić information content (AvgIpc) is 2.48. The summed E-state index contributed by atoms with van der Waals surface area (Å²) in [5.74, 6) is 0.629. The Hall–Kier alpha value is -2.09. The molecule has 2 aromatic rings. The predicted molar refractivity (Wildman–Crippen MR) is 94.8 cm³/mol. The van der Waals surface area contributed by atoms with E-state index in [1.165, 1.54) is 0 Å². The fourth-order valence-corrected chi connectivity index (χ4v) is 2.88. The summed E-state index contributed by atoms with van der Waals surface area (Å²) < 4.78 is 0. The molecule has 0 aliphatic rings. The fraction of sp³-hybridized carbons (Fsp3) is 0.333. The first-order valence-electron chi connectivity index (χ1n) is 7.47. The van der Waals surface area contributed by atoms with E-state index in [9.17, 15) is 5.26 Å². The van der Waals surface area contributed by atoms with Gasteiger partial charge in [-0.05, 0) is 51.2 Å². The summed E-state index contributed by atoms with van der Waals surface area (Å²) in [6, 6.07) is 12.0. The third-order valence-electron chi connectivity index (χ3n) is 3.81. The zero-order valence-electron chi connectivity index (χ0n) is 13.9. The minimum absolute atomic E-state index is 0.0814.